The Labute approximate surface area is 111 Å². The van der Waals surface area contributed by atoms with E-state index in [1.807, 2.05) is 11.8 Å². The second-order valence-corrected chi connectivity index (χ2v) is 7.54. The van der Waals surface area contributed by atoms with Crippen LogP contribution >= 0.6 is 11.8 Å². The van der Waals surface area contributed by atoms with Gasteiger partial charge in [-0.15, -0.1) is 0 Å². The van der Waals surface area contributed by atoms with E-state index in [0.717, 1.165) is 12.2 Å². The summed E-state index contributed by atoms with van der Waals surface area (Å²) >= 11 is 1.83. The second-order valence-electron chi connectivity index (χ2n) is 4.39. The summed E-state index contributed by atoms with van der Waals surface area (Å²) < 4.78 is 28.1. The van der Waals surface area contributed by atoms with Gasteiger partial charge in [0.1, 0.15) is 4.90 Å². The summed E-state index contributed by atoms with van der Waals surface area (Å²) in [6.45, 7) is 0.460. The van der Waals surface area contributed by atoms with E-state index in [4.69, 9.17) is 5.73 Å². The minimum atomic E-state index is -3.54. The Morgan fingerprint density at radius 3 is 2.94 bits per heavy atom. The van der Waals surface area contributed by atoms with Crippen LogP contribution in [0.25, 0.3) is 0 Å². The third-order valence-corrected chi connectivity index (χ3v) is 5.72. The van der Waals surface area contributed by atoms with Gasteiger partial charge in [0.05, 0.1) is 0 Å². The molecule has 1 unspecified atom stereocenters. The van der Waals surface area contributed by atoms with E-state index >= 15 is 0 Å². The van der Waals surface area contributed by atoms with Crippen molar-refractivity contribution in [1.29, 1.82) is 0 Å². The number of nitrogens with zero attached hydrogens (tertiary/aromatic N) is 2. The Kier molecular flexibility index (Phi) is 4.18. The first kappa shape index (κ1) is 13.7. The second kappa shape index (κ2) is 5.50. The van der Waals surface area contributed by atoms with E-state index < -0.39 is 10.0 Å². The monoisotopic (exact) mass is 290 g/mol. The number of nitrogen functional groups attached to an aromatic ring is 1. The van der Waals surface area contributed by atoms with Gasteiger partial charge >= 0.3 is 0 Å². The smallest absolute Gasteiger partial charge is 0.245 e. The molecular formula is C10H18N4O2S2. The molecular weight excluding hydrogens is 272 g/mol. The molecule has 1 aliphatic heterocycles. The van der Waals surface area contributed by atoms with E-state index in [1.165, 1.54) is 23.7 Å². The third-order valence-electron chi connectivity index (χ3n) is 2.89. The summed E-state index contributed by atoms with van der Waals surface area (Å²) in [5.41, 5.74) is 5.58. The highest BCUT2D eigenvalue weighted by Gasteiger charge is 2.22. The van der Waals surface area contributed by atoms with Gasteiger partial charge in [-0.1, -0.05) is 6.42 Å². The molecule has 0 spiro atoms. The van der Waals surface area contributed by atoms with Gasteiger partial charge in [0, 0.05) is 25.0 Å². The maximum atomic E-state index is 12.1. The van der Waals surface area contributed by atoms with E-state index in [9.17, 15) is 8.42 Å². The lowest BCUT2D eigenvalue weighted by atomic mass is 10.2. The number of aryl methyl sites for hydroxylation is 1. The van der Waals surface area contributed by atoms with Crippen LogP contribution in [0, 0.1) is 0 Å². The normalized spacial score (nSPS) is 21.1. The summed E-state index contributed by atoms with van der Waals surface area (Å²) in [5.74, 6) is 1.16. The van der Waals surface area contributed by atoms with Crippen LogP contribution < -0.4 is 10.5 Å². The van der Waals surface area contributed by atoms with E-state index in [1.54, 1.807) is 7.05 Å². The fourth-order valence-electron chi connectivity index (χ4n) is 1.94. The first-order valence-corrected chi connectivity index (χ1v) is 8.42. The standard InChI is InChI=1S/C10H18N4O2S2/c1-14-7-9(10(11)13-14)18(15,16)12-6-8-4-2-3-5-17-8/h7-8,12H,2-6H2,1H3,(H2,11,13). The zero-order valence-corrected chi connectivity index (χ0v) is 11.9. The predicted octanol–water partition coefficient (Wildman–Crippen LogP) is 0.566. The quantitative estimate of drug-likeness (QED) is 0.846. The first-order valence-electron chi connectivity index (χ1n) is 5.89. The summed E-state index contributed by atoms with van der Waals surface area (Å²) in [7, 11) is -1.90. The molecule has 102 valence electrons. The molecule has 0 radical (unpaired) electrons. The summed E-state index contributed by atoms with van der Waals surface area (Å²) in [5, 5.41) is 4.21. The van der Waals surface area contributed by atoms with Crippen molar-refractivity contribution in [3.05, 3.63) is 6.20 Å². The molecule has 0 saturated carbocycles. The molecule has 8 heteroatoms. The summed E-state index contributed by atoms with van der Waals surface area (Å²) in [6.07, 6.45) is 4.89. The van der Waals surface area contributed by atoms with Crippen LogP contribution in [0.5, 0.6) is 0 Å². The van der Waals surface area contributed by atoms with Crippen molar-refractivity contribution in [2.75, 3.05) is 18.0 Å². The molecule has 18 heavy (non-hydrogen) atoms. The minimum absolute atomic E-state index is 0.0429. The largest absolute Gasteiger partial charge is 0.381 e. The lowest BCUT2D eigenvalue weighted by Crippen LogP contribution is -2.32. The molecule has 6 nitrogen and oxygen atoms in total. The van der Waals surface area contributed by atoms with Crippen LogP contribution in [0.15, 0.2) is 11.1 Å². The van der Waals surface area contributed by atoms with Crippen LogP contribution in [-0.2, 0) is 17.1 Å². The zero-order valence-electron chi connectivity index (χ0n) is 10.3. The number of nitrogens with one attached hydrogen (secondary N) is 1. The molecule has 1 fully saturated rings. The SMILES string of the molecule is Cn1cc(S(=O)(=O)NCC2CCCCS2)c(N)n1. The molecule has 1 atom stereocenters. The van der Waals surface area contributed by atoms with Crippen LogP contribution in [0.2, 0.25) is 0 Å². The third kappa shape index (κ3) is 3.18. The van der Waals surface area contributed by atoms with Crippen LogP contribution in [0.1, 0.15) is 19.3 Å². The lowest BCUT2D eigenvalue weighted by molar-refractivity contribution is 0.574. The number of nitrogens with two attached hydrogens (primary N) is 1. The molecule has 2 rings (SSSR count). The van der Waals surface area contributed by atoms with Crippen LogP contribution in [-0.4, -0.2) is 35.7 Å². The number of hydrogen-bond donors (Lipinski definition) is 2. The van der Waals surface area contributed by atoms with Gasteiger partial charge in [-0.05, 0) is 18.6 Å². The molecule has 1 aliphatic rings. The van der Waals surface area contributed by atoms with E-state index in [0.29, 0.717) is 11.8 Å². The Hall–Kier alpha value is -0.730. The molecule has 3 N–H and O–H groups in total. The number of hydrogen-bond acceptors (Lipinski definition) is 5. The molecule has 0 aromatic carbocycles. The van der Waals surface area contributed by atoms with Gasteiger partial charge < -0.3 is 5.73 Å². The van der Waals surface area contributed by atoms with Crippen LogP contribution in [0.3, 0.4) is 0 Å². The lowest BCUT2D eigenvalue weighted by Gasteiger charge is -2.21. The number of thioether (sulfide) groups is 1. The average molecular weight is 290 g/mol. The molecule has 0 bridgehead atoms. The van der Waals surface area contributed by atoms with Gasteiger partial charge in [0.2, 0.25) is 10.0 Å². The van der Waals surface area contributed by atoms with Crippen molar-refractivity contribution in [2.24, 2.45) is 7.05 Å². The van der Waals surface area contributed by atoms with Crippen molar-refractivity contribution in [3.63, 3.8) is 0 Å². The van der Waals surface area contributed by atoms with Crippen molar-refractivity contribution >= 4 is 27.6 Å². The highest BCUT2D eigenvalue weighted by atomic mass is 32.2. The number of rotatable bonds is 4. The Morgan fingerprint density at radius 2 is 2.39 bits per heavy atom. The van der Waals surface area contributed by atoms with Crippen LogP contribution in [0.4, 0.5) is 5.82 Å². The Morgan fingerprint density at radius 1 is 1.61 bits per heavy atom. The fourth-order valence-corrected chi connectivity index (χ4v) is 4.47. The highest BCUT2D eigenvalue weighted by Crippen LogP contribution is 2.25. The molecule has 0 aliphatic carbocycles. The zero-order chi connectivity index (χ0) is 13.2. The van der Waals surface area contributed by atoms with Gasteiger partial charge in [0.25, 0.3) is 0 Å². The number of sulfonamides is 1. The first-order chi connectivity index (χ1) is 8.49. The van der Waals surface area contributed by atoms with Gasteiger partial charge in [-0.25, -0.2) is 13.1 Å². The van der Waals surface area contributed by atoms with Gasteiger partial charge in [-0.2, -0.15) is 16.9 Å². The summed E-state index contributed by atoms with van der Waals surface area (Å²) in [4.78, 5) is 0.0609. The highest BCUT2D eigenvalue weighted by molar-refractivity contribution is 8.00. The predicted molar refractivity (Wildman–Crippen MR) is 72.9 cm³/mol. The minimum Gasteiger partial charge on any atom is -0.381 e. The molecule has 0 amide bonds. The Balaban J connectivity index is 2.01. The fraction of sp³-hybridized carbons (Fsp3) is 0.700. The van der Waals surface area contributed by atoms with Crippen molar-refractivity contribution < 1.29 is 8.42 Å². The summed E-state index contributed by atoms with van der Waals surface area (Å²) in [6, 6.07) is 0. The maximum Gasteiger partial charge on any atom is 0.245 e. The molecule has 1 aromatic heterocycles. The van der Waals surface area contributed by atoms with E-state index in [2.05, 4.69) is 9.82 Å². The van der Waals surface area contributed by atoms with Gasteiger partial charge in [-0.3, -0.25) is 4.68 Å². The number of aromatic nitrogens is 2. The Bertz CT molecular complexity index is 506. The average Bonchev–Trinajstić information content (AvgIpc) is 2.68. The molecule has 1 saturated heterocycles. The van der Waals surface area contributed by atoms with Gasteiger partial charge in [0.15, 0.2) is 5.82 Å². The molecule has 1 aromatic rings. The van der Waals surface area contributed by atoms with E-state index in [-0.39, 0.29) is 10.7 Å². The maximum absolute atomic E-state index is 12.1. The van der Waals surface area contributed by atoms with Crippen molar-refractivity contribution in [1.82, 2.24) is 14.5 Å². The number of anilines is 1. The molecule has 2 heterocycles. The van der Waals surface area contributed by atoms with Crippen molar-refractivity contribution in [3.8, 4) is 0 Å². The topological polar surface area (TPSA) is 90.0 Å². The van der Waals surface area contributed by atoms with Crippen molar-refractivity contribution in [2.45, 2.75) is 29.4 Å².